The highest BCUT2D eigenvalue weighted by atomic mass is 32.2. The fourth-order valence-corrected chi connectivity index (χ4v) is 6.92. The number of benzene rings is 1. The number of fused-ring (bicyclic) bond motifs is 1. The number of nitrogens with zero attached hydrogens (tertiary/aromatic N) is 4. The Morgan fingerprint density at radius 2 is 1.98 bits per heavy atom. The number of aromatic nitrogens is 1. The molecule has 2 aromatic rings. The van der Waals surface area contributed by atoms with E-state index in [9.17, 15) is 13.4 Å². The van der Waals surface area contributed by atoms with Gasteiger partial charge < -0.3 is 19.8 Å². The lowest BCUT2D eigenvalue weighted by Crippen LogP contribution is -2.53. The maximum absolute atomic E-state index is 13.8. The van der Waals surface area contributed by atoms with Gasteiger partial charge in [0.05, 0.1) is 30.4 Å². The van der Waals surface area contributed by atoms with Crippen molar-refractivity contribution in [1.29, 1.82) is 5.41 Å². The number of rotatable bonds is 8. The molecule has 1 N–H and O–H groups in total. The third kappa shape index (κ3) is 6.02. The Morgan fingerprint density at radius 1 is 1.20 bits per heavy atom. The van der Waals surface area contributed by atoms with E-state index >= 15 is 0 Å². The summed E-state index contributed by atoms with van der Waals surface area (Å²) in [4.78, 5) is 25.8. The van der Waals surface area contributed by atoms with E-state index in [1.54, 1.807) is 18.3 Å². The second kappa shape index (κ2) is 11.9. The Hall–Kier alpha value is -3.28. The van der Waals surface area contributed by atoms with Crippen LogP contribution < -0.4 is 4.90 Å². The molecule has 0 amide bonds. The molecule has 1 aromatic heterocycles. The van der Waals surface area contributed by atoms with Crippen molar-refractivity contribution >= 4 is 40.4 Å². The molecule has 9 nitrogen and oxygen atoms in total. The van der Waals surface area contributed by atoms with Gasteiger partial charge in [0.1, 0.15) is 28.0 Å². The molecule has 6 rings (SSSR count). The van der Waals surface area contributed by atoms with Crippen LogP contribution in [0.2, 0.25) is 0 Å². The van der Waals surface area contributed by atoms with Gasteiger partial charge >= 0.3 is 5.97 Å². The molecule has 4 aliphatic rings. The number of nitrogens with one attached hydrogen (secondary N) is 1. The zero-order chi connectivity index (χ0) is 28.4. The fourth-order valence-electron chi connectivity index (χ4n) is 5.70. The summed E-state index contributed by atoms with van der Waals surface area (Å²) in [6.07, 6.45) is 7.79. The average molecular weight is 580 g/mol. The number of ether oxygens (including phenoxy) is 2. The number of allylic oxidation sites excluding steroid dienone is 1. The average Bonchev–Trinajstić information content (AvgIpc) is 3.85. The molecular formula is C30H34FN5O4S. The lowest BCUT2D eigenvalue weighted by molar-refractivity contribution is -0.156. The molecule has 1 aromatic carbocycles. The summed E-state index contributed by atoms with van der Waals surface area (Å²) >= 11 is 0. The van der Waals surface area contributed by atoms with Crippen LogP contribution in [0.15, 0.2) is 64.1 Å². The van der Waals surface area contributed by atoms with Crippen LogP contribution in [0.25, 0.3) is 0 Å². The molecule has 2 saturated heterocycles. The van der Waals surface area contributed by atoms with Crippen molar-refractivity contribution in [2.24, 2.45) is 22.2 Å². The molecule has 3 heterocycles. The molecule has 2 aliphatic carbocycles. The molecule has 41 heavy (non-hydrogen) atoms. The smallest absolute Gasteiger partial charge is 0.317 e. The summed E-state index contributed by atoms with van der Waals surface area (Å²) in [5.74, 6) is 0.117. The van der Waals surface area contributed by atoms with E-state index in [4.69, 9.17) is 19.9 Å². The number of carbonyl (C=O) groups excluding carboxylic acids is 1. The number of hydrogen-bond acceptors (Lipinski definition) is 8. The Bertz CT molecular complexity index is 1370. The summed E-state index contributed by atoms with van der Waals surface area (Å²) < 4.78 is 40.3. The molecule has 0 spiro atoms. The molecule has 3 fully saturated rings. The van der Waals surface area contributed by atoms with Crippen molar-refractivity contribution in [3.63, 3.8) is 0 Å². The molecule has 1 saturated carbocycles. The lowest BCUT2D eigenvalue weighted by Gasteiger charge is -2.45. The summed E-state index contributed by atoms with van der Waals surface area (Å²) in [6.45, 7) is 3.94. The predicted octanol–water partition coefficient (Wildman–Crippen LogP) is 4.09. The van der Waals surface area contributed by atoms with Gasteiger partial charge in [-0.1, -0.05) is 0 Å². The van der Waals surface area contributed by atoms with Gasteiger partial charge in [-0.25, -0.2) is 17.9 Å². The van der Waals surface area contributed by atoms with Gasteiger partial charge in [-0.2, -0.15) is 0 Å². The van der Waals surface area contributed by atoms with Crippen molar-refractivity contribution < 1.29 is 22.9 Å². The highest BCUT2D eigenvalue weighted by molar-refractivity contribution is 7.82. The van der Waals surface area contributed by atoms with E-state index in [0.29, 0.717) is 61.4 Å². The van der Waals surface area contributed by atoms with Crippen LogP contribution in [-0.2, 0) is 25.3 Å². The summed E-state index contributed by atoms with van der Waals surface area (Å²) in [5.41, 5.74) is 1.09. The second-order valence-electron chi connectivity index (χ2n) is 11.1. The first kappa shape index (κ1) is 27.9. The lowest BCUT2D eigenvalue weighted by atomic mass is 9.65. The van der Waals surface area contributed by atoms with Gasteiger partial charge in [0.15, 0.2) is 0 Å². The van der Waals surface area contributed by atoms with E-state index in [0.717, 1.165) is 37.3 Å². The predicted molar refractivity (Wildman–Crippen MR) is 154 cm³/mol. The topological polar surface area (TPSA) is 108 Å². The first-order valence-corrected chi connectivity index (χ1v) is 15.2. The maximum Gasteiger partial charge on any atom is 0.317 e. The first-order chi connectivity index (χ1) is 19.9. The minimum atomic E-state index is -1.53. The van der Waals surface area contributed by atoms with Crippen LogP contribution in [-0.4, -0.2) is 77.4 Å². The molecule has 216 valence electrons. The minimum absolute atomic E-state index is 0.217. The number of aliphatic imine (C=N–C) groups is 1. The number of carbonyl (C=O) groups is 1. The number of esters is 1. The molecule has 3 atom stereocenters. The first-order valence-electron chi connectivity index (χ1n) is 14.1. The van der Waals surface area contributed by atoms with Gasteiger partial charge in [-0.3, -0.25) is 9.79 Å². The van der Waals surface area contributed by atoms with Crippen molar-refractivity contribution in [2.45, 2.75) is 30.6 Å². The third-order valence-electron chi connectivity index (χ3n) is 8.28. The van der Waals surface area contributed by atoms with E-state index in [1.807, 2.05) is 22.5 Å². The van der Waals surface area contributed by atoms with Gasteiger partial charge in [-0.05, 0) is 79.6 Å². The number of halogens is 1. The standard InChI is InChI=1S/C30H34FN5O4S/c31-24-3-5-25(6-4-24)34-27-15-23-9-10-36(20-30(23,16-22(27)17-32)29(37)40-19-21-1-2-21)41(38)26-7-8-28(33-18-26)35-11-13-39-14-12-35/h3-8,15,17-18,21-22,32H,1-2,9-14,16,19-20H2. The Morgan fingerprint density at radius 3 is 2.66 bits per heavy atom. The quantitative estimate of drug-likeness (QED) is 0.373. The maximum atomic E-state index is 13.8. The Kier molecular flexibility index (Phi) is 8.10. The van der Waals surface area contributed by atoms with Crippen LogP contribution in [0.1, 0.15) is 25.7 Å². The Balaban J connectivity index is 1.27. The summed E-state index contributed by atoms with van der Waals surface area (Å²) in [5, 5.41) is 8.17. The summed E-state index contributed by atoms with van der Waals surface area (Å²) in [7, 11) is -1.53. The third-order valence-corrected chi connectivity index (χ3v) is 9.70. The Labute approximate surface area is 241 Å². The van der Waals surface area contributed by atoms with E-state index in [2.05, 4.69) is 9.88 Å². The van der Waals surface area contributed by atoms with Crippen molar-refractivity contribution in [3.05, 3.63) is 60.1 Å². The van der Waals surface area contributed by atoms with Gasteiger partial charge in [-0.15, -0.1) is 0 Å². The number of pyridine rings is 1. The summed E-state index contributed by atoms with van der Waals surface area (Å²) in [6, 6.07) is 9.62. The zero-order valence-corrected chi connectivity index (χ0v) is 23.7. The number of morpholine rings is 1. The SMILES string of the molecule is N=CC1CC2(C(=O)OCC3CC3)CN(S(=O)c3ccc(N4CCOCC4)nc3)CCC2=CC1=Nc1ccc(F)cc1. The van der Waals surface area contributed by atoms with Crippen molar-refractivity contribution in [3.8, 4) is 0 Å². The van der Waals surface area contributed by atoms with Gasteiger partial charge in [0, 0.05) is 50.2 Å². The fraction of sp³-hybridized carbons (Fsp3) is 0.467. The minimum Gasteiger partial charge on any atom is -0.465 e. The van der Waals surface area contributed by atoms with Crippen LogP contribution in [0.4, 0.5) is 15.9 Å². The van der Waals surface area contributed by atoms with Gasteiger partial charge in [0.25, 0.3) is 0 Å². The molecular weight excluding hydrogens is 545 g/mol. The van der Waals surface area contributed by atoms with E-state index < -0.39 is 22.3 Å². The number of hydrogen-bond donors (Lipinski definition) is 1. The number of piperidine rings is 1. The molecule has 11 heteroatoms. The molecule has 2 aliphatic heterocycles. The van der Waals surface area contributed by atoms with Crippen molar-refractivity contribution in [1.82, 2.24) is 9.29 Å². The van der Waals surface area contributed by atoms with Crippen LogP contribution in [0.5, 0.6) is 0 Å². The highest BCUT2D eigenvalue weighted by Gasteiger charge is 2.52. The number of anilines is 1. The van der Waals surface area contributed by atoms with E-state index in [-0.39, 0.29) is 18.3 Å². The molecule has 3 unspecified atom stereocenters. The van der Waals surface area contributed by atoms with Crippen LogP contribution in [0.3, 0.4) is 0 Å². The molecule has 0 bridgehead atoms. The highest BCUT2D eigenvalue weighted by Crippen LogP contribution is 2.46. The van der Waals surface area contributed by atoms with Crippen LogP contribution >= 0.6 is 0 Å². The zero-order valence-electron chi connectivity index (χ0n) is 22.8. The largest absolute Gasteiger partial charge is 0.465 e. The van der Waals surface area contributed by atoms with Crippen molar-refractivity contribution in [2.75, 3.05) is 50.9 Å². The van der Waals surface area contributed by atoms with Gasteiger partial charge in [0.2, 0.25) is 0 Å². The normalized spacial score (nSPS) is 26.7. The second-order valence-corrected chi connectivity index (χ2v) is 12.6. The van der Waals surface area contributed by atoms with Crippen LogP contribution in [0, 0.1) is 28.5 Å². The molecule has 0 radical (unpaired) electrons. The monoisotopic (exact) mass is 579 g/mol. The van der Waals surface area contributed by atoms with E-state index in [1.165, 1.54) is 18.3 Å².